The highest BCUT2D eigenvalue weighted by Gasteiger charge is 2.01. The van der Waals surface area contributed by atoms with Crippen molar-refractivity contribution in [1.82, 2.24) is 15.3 Å². The van der Waals surface area contributed by atoms with E-state index in [4.69, 9.17) is 10.8 Å². The lowest BCUT2D eigenvalue weighted by Gasteiger charge is -2.08. The predicted molar refractivity (Wildman–Crippen MR) is 67.0 cm³/mol. The summed E-state index contributed by atoms with van der Waals surface area (Å²) < 4.78 is 0.765. The van der Waals surface area contributed by atoms with Crippen LogP contribution in [0.1, 0.15) is 6.42 Å². The molecule has 0 fully saturated rings. The molecule has 5 N–H and O–H groups in total. The van der Waals surface area contributed by atoms with Crippen LogP contribution < -0.4 is 16.4 Å². The molecule has 0 unspecified atom stereocenters. The minimum Gasteiger partial charge on any atom is -0.495 e. The summed E-state index contributed by atoms with van der Waals surface area (Å²) in [4.78, 5) is 7.86. The Hall–Kier alpha value is -1.50. The predicted octanol–water partition coefficient (Wildman–Crippen LogP) is 1.24. The highest BCUT2D eigenvalue weighted by atomic mass is 79.9. The molecule has 0 amide bonds. The van der Waals surface area contributed by atoms with Gasteiger partial charge >= 0.3 is 0 Å². The van der Waals surface area contributed by atoms with Crippen molar-refractivity contribution >= 4 is 27.7 Å². The van der Waals surface area contributed by atoms with E-state index in [9.17, 15) is 0 Å². The van der Waals surface area contributed by atoms with Gasteiger partial charge in [0, 0.05) is 19.3 Å². The number of aliphatic hydroxyl groups is 1. The third kappa shape index (κ3) is 4.35. The Bertz CT molecular complexity index is 371. The van der Waals surface area contributed by atoms with Gasteiger partial charge in [-0.05, 0) is 28.9 Å². The first-order valence-corrected chi connectivity index (χ1v) is 5.52. The Morgan fingerprint density at radius 3 is 3.00 bits per heavy atom. The van der Waals surface area contributed by atoms with E-state index in [1.807, 2.05) is 0 Å². The first kappa shape index (κ1) is 12.6. The first-order chi connectivity index (χ1) is 7.59. The zero-order chi connectivity index (χ0) is 12.0. The molecule has 1 heterocycles. The van der Waals surface area contributed by atoms with Crippen LogP contribution in [0.25, 0.3) is 0 Å². The second-order valence-electron chi connectivity index (χ2n) is 3.08. The number of nitrogens with one attached hydrogen (secondary N) is 2. The van der Waals surface area contributed by atoms with Gasteiger partial charge in [-0.2, -0.15) is 4.98 Å². The standard InChI is InChI=1S/C9H14BrN5O/c1-6(16)12-3-2-4-13-8-7(10)5-14-9(11)15-8/h5,12,16H,1-4H2,(H3,11,13,14,15). The molecule has 0 saturated carbocycles. The fourth-order valence-corrected chi connectivity index (χ4v) is 1.36. The zero-order valence-corrected chi connectivity index (χ0v) is 10.3. The lowest BCUT2D eigenvalue weighted by Crippen LogP contribution is -2.17. The van der Waals surface area contributed by atoms with Gasteiger partial charge in [0.2, 0.25) is 5.95 Å². The Morgan fingerprint density at radius 1 is 1.56 bits per heavy atom. The molecule has 0 aliphatic rings. The number of nitrogens with zero attached hydrogens (tertiary/aromatic N) is 2. The normalized spacial score (nSPS) is 9.81. The summed E-state index contributed by atoms with van der Waals surface area (Å²) >= 11 is 3.31. The number of rotatable bonds is 6. The second-order valence-corrected chi connectivity index (χ2v) is 3.93. The van der Waals surface area contributed by atoms with Crippen LogP contribution in [0.15, 0.2) is 23.1 Å². The van der Waals surface area contributed by atoms with E-state index in [0.717, 1.165) is 10.9 Å². The van der Waals surface area contributed by atoms with E-state index in [1.54, 1.807) is 6.20 Å². The van der Waals surface area contributed by atoms with Gasteiger partial charge in [-0.25, -0.2) is 4.98 Å². The lowest BCUT2D eigenvalue weighted by molar-refractivity contribution is 0.367. The Kier molecular flexibility index (Phi) is 4.84. The Morgan fingerprint density at radius 2 is 2.31 bits per heavy atom. The fraction of sp³-hybridized carbons (Fsp3) is 0.333. The third-order valence-electron chi connectivity index (χ3n) is 1.74. The second kappa shape index (κ2) is 6.16. The number of halogens is 1. The topological polar surface area (TPSA) is 96.1 Å². The van der Waals surface area contributed by atoms with Gasteiger partial charge in [-0.15, -0.1) is 0 Å². The summed E-state index contributed by atoms with van der Waals surface area (Å²) in [5.74, 6) is 0.871. The maximum Gasteiger partial charge on any atom is 0.221 e. The summed E-state index contributed by atoms with van der Waals surface area (Å²) in [6.45, 7) is 4.66. The fourth-order valence-electron chi connectivity index (χ4n) is 1.03. The van der Waals surface area contributed by atoms with Gasteiger partial charge in [0.1, 0.15) is 5.82 Å². The van der Waals surface area contributed by atoms with Crippen molar-refractivity contribution < 1.29 is 5.11 Å². The first-order valence-electron chi connectivity index (χ1n) is 4.73. The zero-order valence-electron chi connectivity index (χ0n) is 8.70. The maximum atomic E-state index is 8.78. The molecule has 0 saturated heterocycles. The van der Waals surface area contributed by atoms with Crippen LogP contribution in [-0.4, -0.2) is 28.2 Å². The lowest BCUT2D eigenvalue weighted by atomic mass is 10.4. The van der Waals surface area contributed by atoms with Crippen molar-refractivity contribution in [2.75, 3.05) is 24.1 Å². The molecular formula is C9H14BrN5O. The van der Waals surface area contributed by atoms with Crippen molar-refractivity contribution in [3.05, 3.63) is 23.1 Å². The molecule has 0 aliphatic heterocycles. The molecule has 6 nitrogen and oxygen atoms in total. The van der Waals surface area contributed by atoms with Crippen molar-refractivity contribution in [1.29, 1.82) is 0 Å². The Balaban J connectivity index is 2.31. The monoisotopic (exact) mass is 287 g/mol. The van der Waals surface area contributed by atoms with Crippen LogP contribution in [0.4, 0.5) is 11.8 Å². The summed E-state index contributed by atoms with van der Waals surface area (Å²) in [6.07, 6.45) is 2.41. The molecule has 0 spiro atoms. The smallest absolute Gasteiger partial charge is 0.221 e. The molecule has 7 heteroatoms. The van der Waals surface area contributed by atoms with Crippen LogP contribution in [-0.2, 0) is 0 Å². The number of aromatic nitrogens is 2. The molecule has 88 valence electrons. The highest BCUT2D eigenvalue weighted by molar-refractivity contribution is 9.10. The molecule has 0 radical (unpaired) electrons. The van der Waals surface area contributed by atoms with Crippen molar-refractivity contribution in [2.24, 2.45) is 0 Å². The highest BCUT2D eigenvalue weighted by Crippen LogP contribution is 2.18. The molecule has 1 aromatic heterocycles. The molecule has 1 rings (SSSR count). The SMILES string of the molecule is C=C(O)NCCCNc1nc(N)ncc1Br. The van der Waals surface area contributed by atoms with Crippen LogP contribution in [0.3, 0.4) is 0 Å². The van der Waals surface area contributed by atoms with E-state index < -0.39 is 0 Å². The van der Waals surface area contributed by atoms with Gasteiger partial charge in [-0.1, -0.05) is 0 Å². The number of hydrogen-bond acceptors (Lipinski definition) is 6. The van der Waals surface area contributed by atoms with Crippen LogP contribution in [0, 0.1) is 0 Å². The van der Waals surface area contributed by atoms with Crippen molar-refractivity contribution in [2.45, 2.75) is 6.42 Å². The molecule has 0 bridgehead atoms. The quantitative estimate of drug-likeness (QED) is 0.464. The largest absolute Gasteiger partial charge is 0.495 e. The van der Waals surface area contributed by atoms with E-state index in [2.05, 4.69) is 43.1 Å². The Labute approximate surface area is 102 Å². The third-order valence-corrected chi connectivity index (χ3v) is 2.32. The van der Waals surface area contributed by atoms with Gasteiger partial charge in [-0.3, -0.25) is 0 Å². The van der Waals surface area contributed by atoms with Gasteiger partial charge in [0.05, 0.1) is 4.47 Å². The average molecular weight is 288 g/mol. The molecule has 0 aliphatic carbocycles. The minimum atomic E-state index is -0.0209. The van der Waals surface area contributed by atoms with Crippen molar-refractivity contribution in [3.8, 4) is 0 Å². The number of nitrogen functional groups attached to an aromatic ring is 1. The van der Waals surface area contributed by atoms with Crippen LogP contribution >= 0.6 is 15.9 Å². The van der Waals surface area contributed by atoms with Crippen LogP contribution in [0.5, 0.6) is 0 Å². The average Bonchev–Trinajstić information content (AvgIpc) is 2.22. The number of hydrogen-bond donors (Lipinski definition) is 4. The summed E-state index contributed by atoms with van der Waals surface area (Å²) in [5.41, 5.74) is 5.46. The van der Waals surface area contributed by atoms with Crippen molar-refractivity contribution in [3.63, 3.8) is 0 Å². The van der Waals surface area contributed by atoms with E-state index in [-0.39, 0.29) is 11.8 Å². The number of aliphatic hydroxyl groups excluding tert-OH is 1. The molecule has 16 heavy (non-hydrogen) atoms. The minimum absolute atomic E-state index is 0.0209. The number of nitrogens with two attached hydrogens (primary N) is 1. The molecular weight excluding hydrogens is 274 g/mol. The molecule has 0 atom stereocenters. The summed E-state index contributed by atoms with van der Waals surface area (Å²) in [7, 11) is 0. The maximum absolute atomic E-state index is 8.78. The number of anilines is 2. The summed E-state index contributed by atoms with van der Waals surface area (Å²) in [6, 6.07) is 0. The van der Waals surface area contributed by atoms with Gasteiger partial charge in [0.15, 0.2) is 5.88 Å². The van der Waals surface area contributed by atoms with Crippen LogP contribution in [0.2, 0.25) is 0 Å². The van der Waals surface area contributed by atoms with Gasteiger partial charge < -0.3 is 21.5 Å². The van der Waals surface area contributed by atoms with E-state index >= 15 is 0 Å². The van der Waals surface area contributed by atoms with Gasteiger partial charge in [0.25, 0.3) is 0 Å². The van der Waals surface area contributed by atoms with E-state index in [0.29, 0.717) is 18.9 Å². The van der Waals surface area contributed by atoms with E-state index in [1.165, 1.54) is 0 Å². The summed E-state index contributed by atoms with van der Waals surface area (Å²) in [5, 5.41) is 14.6. The molecule has 0 aromatic carbocycles. The molecule has 1 aromatic rings.